The van der Waals surface area contributed by atoms with Crippen molar-refractivity contribution in [1.82, 2.24) is 14.9 Å². The van der Waals surface area contributed by atoms with Gasteiger partial charge in [-0.2, -0.15) is 0 Å². The van der Waals surface area contributed by atoms with Crippen LogP contribution >= 0.6 is 0 Å². The maximum atomic E-state index is 5.53. The second-order valence-corrected chi connectivity index (χ2v) is 5.42. The Balaban J connectivity index is 2.28. The van der Waals surface area contributed by atoms with Gasteiger partial charge in [-0.05, 0) is 40.8 Å². The smallest absolute Gasteiger partial charge is 0.148 e. The maximum absolute atomic E-state index is 5.53. The molecule has 6 nitrogen and oxygen atoms in total. The predicted molar refractivity (Wildman–Crippen MR) is 78.2 cm³/mol. The summed E-state index contributed by atoms with van der Waals surface area (Å²) in [5.74, 6) is 8.00. The second kappa shape index (κ2) is 5.71. The highest BCUT2D eigenvalue weighted by Gasteiger charge is 2.24. The zero-order valence-electron chi connectivity index (χ0n) is 12.3. The van der Waals surface area contributed by atoms with Crippen LogP contribution in [0.25, 0.3) is 0 Å². The second-order valence-electron chi connectivity index (χ2n) is 5.42. The average molecular weight is 264 g/mol. The summed E-state index contributed by atoms with van der Waals surface area (Å²) >= 11 is 0. The molecular weight excluding hydrogens is 240 g/mol. The molecule has 2 rings (SSSR count). The molecule has 0 radical (unpaired) electrons. The number of nitrogen functional groups attached to an aromatic ring is 1. The quantitative estimate of drug-likeness (QED) is 0.624. The molecule has 1 saturated heterocycles. The van der Waals surface area contributed by atoms with Gasteiger partial charge in [-0.15, -0.1) is 0 Å². The van der Waals surface area contributed by atoms with Crippen molar-refractivity contribution in [2.24, 2.45) is 5.84 Å². The molecule has 0 spiro atoms. The van der Waals surface area contributed by atoms with Crippen LogP contribution in [0, 0.1) is 13.8 Å². The van der Waals surface area contributed by atoms with E-state index in [1.807, 2.05) is 13.8 Å². The van der Waals surface area contributed by atoms with E-state index in [0.29, 0.717) is 6.04 Å². The third-order valence-electron chi connectivity index (χ3n) is 3.79. The van der Waals surface area contributed by atoms with Gasteiger partial charge in [0.1, 0.15) is 17.5 Å². The third kappa shape index (κ3) is 2.96. The SMILES string of the molecule is Cc1nc(NN)c(C)c(N2CCCC(N(C)C)C2)n1. The van der Waals surface area contributed by atoms with Crippen molar-refractivity contribution in [3.8, 4) is 0 Å². The lowest BCUT2D eigenvalue weighted by Crippen LogP contribution is -2.45. The zero-order valence-corrected chi connectivity index (χ0v) is 12.3. The van der Waals surface area contributed by atoms with Crippen LogP contribution < -0.4 is 16.2 Å². The standard InChI is InChI=1S/C13H24N6/c1-9-12(17-14)15-10(2)16-13(9)19-7-5-6-11(8-19)18(3)4/h11H,5-8,14H2,1-4H3,(H,15,16,17). The minimum atomic E-state index is 0.581. The lowest BCUT2D eigenvalue weighted by molar-refractivity contribution is 0.257. The number of hydrazine groups is 1. The molecule has 1 unspecified atom stereocenters. The van der Waals surface area contributed by atoms with E-state index >= 15 is 0 Å². The summed E-state index contributed by atoms with van der Waals surface area (Å²) in [5.41, 5.74) is 3.68. The van der Waals surface area contributed by atoms with Gasteiger partial charge in [0.05, 0.1) is 0 Å². The molecular formula is C13H24N6. The topological polar surface area (TPSA) is 70.3 Å². The van der Waals surface area contributed by atoms with Crippen LogP contribution in [-0.4, -0.2) is 48.1 Å². The Kier molecular flexibility index (Phi) is 4.21. The summed E-state index contributed by atoms with van der Waals surface area (Å²) in [4.78, 5) is 13.6. The van der Waals surface area contributed by atoms with Gasteiger partial charge in [0, 0.05) is 24.7 Å². The predicted octanol–water partition coefficient (Wildman–Crippen LogP) is 0.909. The highest BCUT2D eigenvalue weighted by atomic mass is 15.3. The lowest BCUT2D eigenvalue weighted by Gasteiger charge is -2.37. The summed E-state index contributed by atoms with van der Waals surface area (Å²) in [6, 6.07) is 0.581. The average Bonchev–Trinajstić information content (AvgIpc) is 2.41. The van der Waals surface area contributed by atoms with Crippen LogP contribution in [0.15, 0.2) is 0 Å². The first kappa shape index (κ1) is 14.0. The minimum absolute atomic E-state index is 0.581. The number of nitrogens with two attached hydrogens (primary N) is 1. The molecule has 1 atom stereocenters. The number of rotatable bonds is 3. The summed E-state index contributed by atoms with van der Waals surface area (Å²) in [5, 5.41) is 0. The number of nitrogens with zero attached hydrogens (tertiary/aromatic N) is 4. The van der Waals surface area contributed by atoms with E-state index in [4.69, 9.17) is 5.84 Å². The van der Waals surface area contributed by atoms with Gasteiger partial charge in [-0.3, -0.25) is 0 Å². The van der Waals surface area contributed by atoms with Gasteiger partial charge in [0.25, 0.3) is 0 Å². The molecule has 1 aromatic rings. The summed E-state index contributed by atoms with van der Waals surface area (Å²) in [7, 11) is 4.28. The van der Waals surface area contributed by atoms with Crippen molar-refractivity contribution < 1.29 is 0 Å². The highest BCUT2D eigenvalue weighted by Crippen LogP contribution is 2.26. The fraction of sp³-hybridized carbons (Fsp3) is 0.692. The first-order chi connectivity index (χ1) is 9.02. The molecule has 6 heteroatoms. The number of anilines is 2. The van der Waals surface area contributed by atoms with Crippen molar-refractivity contribution >= 4 is 11.6 Å². The monoisotopic (exact) mass is 264 g/mol. The molecule has 1 aliphatic rings. The van der Waals surface area contributed by atoms with Gasteiger partial charge in [0.15, 0.2) is 0 Å². The zero-order chi connectivity index (χ0) is 14.0. The van der Waals surface area contributed by atoms with E-state index < -0.39 is 0 Å². The van der Waals surface area contributed by atoms with Crippen molar-refractivity contribution in [3.05, 3.63) is 11.4 Å². The molecule has 2 heterocycles. The molecule has 0 aromatic carbocycles. The molecule has 0 saturated carbocycles. The number of hydrogen-bond donors (Lipinski definition) is 2. The van der Waals surface area contributed by atoms with Crippen LogP contribution in [0.3, 0.4) is 0 Å². The largest absolute Gasteiger partial charge is 0.355 e. The Morgan fingerprint density at radius 2 is 2.05 bits per heavy atom. The number of hydrogen-bond acceptors (Lipinski definition) is 6. The van der Waals surface area contributed by atoms with E-state index in [9.17, 15) is 0 Å². The molecule has 106 valence electrons. The fourth-order valence-electron chi connectivity index (χ4n) is 2.63. The summed E-state index contributed by atoms with van der Waals surface area (Å²) in [6.07, 6.45) is 2.44. The van der Waals surface area contributed by atoms with Crippen molar-refractivity contribution in [1.29, 1.82) is 0 Å². The molecule has 0 bridgehead atoms. The molecule has 3 N–H and O–H groups in total. The van der Waals surface area contributed by atoms with Gasteiger partial charge in [-0.1, -0.05) is 0 Å². The van der Waals surface area contributed by atoms with E-state index in [1.165, 1.54) is 12.8 Å². The van der Waals surface area contributed by atoms with Crippen LogP contribution in [0.5, 0.6) is 0 Å². The minimum Gasteiger partial charge on any atom is -0.355 e. The van der Waals surface area contributed by atoms with Gasteiger partial charge in [-0.25, -0.2) is 15.8 Å². The summed E-state index contributed by atoms with van der Waals surface area (Å²) in [6.45, 7) is 5.97. The Labute approximate surface area is 115 Å². The van der Waals surface area contributed by atoms with Crippen molar-refractivity contribution in [3.63, 3.8) is 0 Å². The number of aryl methyl sites for hydroxylation is 1. The Morgan fingerprint density at radius 1 is 1.32 bits per heavy atom. The number of likely N-dealkylation sites (N-methyl/N-ethyl adjacent to an activating group) is 1. The maximum Gasteiger partial charge on any atom is 0.148 e. The van der Waals surface area contributed by atoms with Gasteiger partial charge >= 0.3 is 0 Å². The van der Waals surface area contributed by atoms with Gasteiger partial charge in [0.2, 0.25) is 0 Å². The number of piperidine rings is 1. The van der Waals surface area contributed by atoms with Gasteiger partial charge < -0.3 is 15.2 Å². The van der Waals surface area contributed by atoms with Crippen LogP contribution in [0.2, 0.25) is 0 Å². The van der Waals surface area contributed by atoms with Crippen LogP contribution in [0.1, 0.15) is 24.2 Å². The Bertz CT molecular complexity index is 445. The first-order valence-corrected chi connectivity index (χ1v) is 6.76. The molecule has 1 aliphatic heterocycles. The molecule has 0 aliphatic carbocycles. The van der Waals surface area contributed by atoms with Crippen molar-refractivity contribution in [2.45, 2.75) is 32.7 Å². The van der Waals surface area contributed by atoms with E-state index in [-0.39, 0.29) is 0 Å². The Morgan fingerprint density at radius 3 is 2.68 bits per heavy atom. The number of nitrogens with one attached hydrogen (secondary N) is 1. The van der Waals surface area contributed by atoms with E-state index in [2.05, 4.69) is 39.3 Å². The molecule has 19 heavy (non-hydrogen) atoms. The van der Waals surface area contributed by atoms with E-state index in [0.717, 1.165) is 36.1 Å². The molecule has 0 amide bonds. The molecule has 1 fully saturated rings. The molecule has 1 aromatic heterocycles. The van der Waals surface area contributed by atoms with Crippen LogP contribution in [-0.2, 0) is 0 Å². The lowest BCUT2D eigenvalue weighted by atomic mass is 10.0. The number of aromatic nitrogens is 2. The first-order valence-electron chi connectivity index (χ1n) is 6.76. The normalized spacial score (nSPS) is 19.9. The van der Waals surface area contributed by atoms with E-state index in [1.54, 1.807) is 0 Å². The Hall–Kier alpha value is -1.40. The fourth-order valence-corrected chi connectivity index (χ4v) is 2.63. The van der Waals surface area contributed by atoms with Crippen LogP contribution in [0.4, 0.5) is 11.6 Å². The summed E-state index contributed by atoms with van der Waals surface area (Å²) < 4.78 is 0. The highest BCUT2D eigenvalue weighted by molar-refractivity contribution is 5.58. The van der Waals surface area contributed by atoms with Crippen molar-refractivity contribution in [2.75, 3.05) is 37.5 Å². The third-order valence-corrected chi connectivity index (χ3v) is 3.79.